The van der Waals surface area contributed by atoms with Gasteiger partial charge in [0.15, 0.2) is 0 Å². The zero-order valence-electron chi connectivity index (χ0n) is 10.4. The van der Waals surface area contributed by atoms with E-state index in [-0.39, 0.29) is 0 Å². The molecule has 0 aromatic heterocycles. The second-order valence-electron chi connectivity index (χ2n) is 3.24. The predicted molar refractivity (Wildman–Crippen MR) is 78.9 cm³/mol. The number of thiocarbonyl (C=S) groups is 1. The molecule has 0 nitrogen and oxygen atoms in total. The molecule has 0 aliphatic carbocycles. The van der Waals surface area contributed by atoms with E-state index in [0.717, 1.165) is 22.4 Å². The van der Waals surface area contributed by atoms with Gasteiger partial charge in [-0.25, -0.2) is 0 Å². The smallest absolute Gasteiger partial charge is 0.0518 e. The first-order chi connectivity index (χ1) is 7.71. The minimum Gasteiger partial charge on any atom is -0.0984 e. The molecule has 0 amide bonds. The summed E-state index contributed by atoms with van der Waals surface area (Å²) in [6, 6.07) is 0. The van der Waals surface area contributed by atoms with Crippen LogP contribution in [-0.2, 0) is 0 Å². The molecule has 0 aliphatic rings. The van der Waals surface area contributed by atoms with Gasteiger partial charge < -0.3 is 0 Å². The van der Waals surface area contributed by atoms with Gasteiger partial charge in [0.1, 0.15) is 0 Å². The monoisotopic (exact) mass is 232 g/mol. The lowest BCUT2D eigenvalue weighted by Crippen LogP contribution is -1.99. The second-order valence-corrected chi connectivity index (χ2v) is 3.64. The zero-order valence-corrected chi connectivity index (χ0v) is 11.2. The van der Waals surface area contributed by atoms with Gasteiger partial charge in [0.05, 0.1) is 4.86 Å². The van der Waals surface area contributed by atoms with Crippen molar-refractivity contribution in [3.8, 4) is 0 Å². The molecule has 0 unspecified atom stereocenters. The van der Waals surface area contributed by atoms with Crippen LogP contribution in [0.2, 0.25) is 0 Å². The average Bonchev–Trinajstić information content (AvgIpc) is 2.31. The first-order valence-electron chi connectivity index (χ1n) is 5.54. The molecule has 0 aliphatic heterocycles. The van der Waals surface area contributed by atoms with Crippen molar-refractivity contribution in [3.63, 3.8) is 0 Å². The fourth-order valence-electron chi connectivity index (χ4n) is 1.19. The molecule has 0 aromatic rings. The number of allylic oxidation sites excluding steroid dienone is 9. The van der Waals surface area contributed by atoms with Crippen LogP contribution in [0.5, 0.6) is 0 Å². The molecule has 0 fully saturated rings. The highest BCUT2D eigenvalue weighted by Crippen LogP contribution is 2.11. The highest BCUT2D eigenvalue weighted by molar-refractivity contribution is 7.81. The van der Waals surface area contributed by atoms with Gasteiger partial charge in [0.2, 0.25) is 0 Å². The van der Waals surface area contributed by atoms with E-state index >= 15 is 0 Å². The molecule has 0 saturated carbocycles. The lowest BCUT2D eigenvalue weighted by molar-refractivity contribution is 1.22. The SMILES string of the molecule is C=C/C(=C\C=C/CC)C(=S)C(/C=C\C)=C/C. The molecule has 1 heteroatoms. The van der Waals surface area contributed by atoms with Crippen LogP contribution in [0.15, 0.2) is 60.3 Å². The van der Waals surface area contributed by atoms with Crippen molar-refractivity contribution < 1.29 is 0 Å². The molecule has 0 atom stereocenters. The molecule has 0 heterocycles. The summed E-state index contributed by atoms with van der Waals surface area (Å²) in [6.07, 6.45) is 15.0. The molecule has 0 rings (SSSR count). The summed E-state index contributed by atoms with van der Waals surface area (Å²) in [5.41, 5.74) is 2.06. The minimum absolute atomic E-state index is 0.844. The summed E-state index contributed by atoms with van der Waals surface area (Å²) in [5, 5.41) is 0. The van der Waals surface area contributed by atoms with Gasteiger partial charge >= 0.3 is 0 Å². The minimum atomic E-state index is 0.844. The molecule has 0 spiro atoms. The van der Waals surface area contributed by atoms with E-state index in [4.69, 9.17) is 12.2 Å². The predicted octanol–water partition coefficient (Wildman–Crippen LogP) is 4.96. The van der Waals surface area contributed by atoms with Crippen molar-refractivity contribution in [2.75, 3.05) is 0 Å². The van der Waals surface area contributed by atoms with Crippen molar-refractivity contribution in [3.05, 3.63) is 60.3 Å². The Bertz CT molecular complexity index is 352. The van der Waals surface area contributed by atoms with Crippen LogP contribution in [0.1, 0.15) is 27.2 Å². The Kier molecular flexibility index (Phi) is 8.36. The fraction of sp³-hybridized carbons (Fsp3) is 0.267. The Morgan fingerprint density at radius 2 is 1.94 bits per heavy atom. The van der Waals surface area contributed by atoms with Gasteiger partial charge in [0, 0.05) is 0 Å². The normalized spacial score (nSPS) is 13.7. The molecule has 0 bridgehead atoms. The van der Waals surface area contributed by atoms with Crippen molar-refractivity contribution in [2.45, 2.75) is 27.2 Å². The Morgan fingerprint density at radius 1 is 1.25 bits per heavy atom. The highest BCUT2D eigenvalue weighted by Gasteiger charge is 2.03. The summed E-state index contributed by atoms with van der Waals surface area (Å²) in [6.45, 7) is 9.88. The summed E-state index contributed by atoms with van der Waals surface area (Å²) in [4.78, 5) is 0.844. The maximum atomic E-state index is 5.42. The standard InChI is InChI=1S/C15H20S/c1-5-9-10-12-14(8-4)15(16)13(7-3)11-6-2/h6-12H,4-5H2,1-3H3/b10-9-,11-6-,13-7+,14-12+. The number of hydrogen-bond acceptors (Lipinski definition) is 1. The first-order valence-corrected chi connectivity index (χ1v) is 5.95. The summed E-state index contributed by atoms with van der Waals surface area (Å²) in [5.74, 6) is 0. The third-order valence-electron chi connectivity index (χ3n) is 2.05. The maximum absolute atomic E-state index is 5.42. The third-order valence-corrected chi connectivity index (χ3v) is 2.52. The van der Waals surface area contributed by atoms with Gasteiger partial charge in [-0.2, -0.15) is 0 Å². The van der Waals surface area contributed by atoms with Crippen LogP contribution in [0.3, 0.4) is 0 Å². The van der Waals surface area contributed by atoms with E-state index in [0.29, 0.717) is 0 Å². The van der Waals surface area contributed by atoms with Crippen LogP contribution in [0.25, 0.3) is 0 Å². The lowest BCUT2D eigenvalue weighted by Gasteiger charge is -2.04. The quantitative estimate of drug-likeness (QED) is 0.354. The van der Waals surface area contributed by atoms with E-state index in [1.54, 1.807) is 6.08 Å². The molecular formula is C15H20S. The van der Waals surface area contributed by atoms with Crippen LogP contribution < -0.4 is 0 Å². The third kappa shape index (κ3) is 5.04. The molecular weight excluding hydrogens is 212 g/mol. The van der Waals surface area contributed by atoms with Gasteiger partial charge in [-0.1, -0.05) is 68.3 Å². The Balaban J connectivity index is 4.98. The van der Waals surface area contributed by atoms with E-state index in [1.165, 1.54) is 0 Å². The Hall–Kier alpha value is -1.21. The summed E-state index contributed by atoms with van der Waals surface area (Å²) < 4.78 is 0. The molecule has 16 heavy (non-hydrogen) atoms. The van der Waals surface area contributed by atoms with E-state index in [9.17, 15) is 0 Å². The summed E-state index contributed by atoms with van der Waals surface area (Å²) in [7, 11) is 0. The fourth-order valence-corrected chi connectivity index (χ4v) is 1.53. The topological polar surface area (TPSA) is 0 Å². The van der Waals surface area contributed by atoms with E-state index in [1.807, 2.05) is 44.2 Å². The molecule has 0 aromatic carbocycles. The van der Waals surface area contributed by atoms with Gasteiger partial charge in [-0.05, 0) is 31.4 Å². The zero-order chi connectivity index (χ0) is 12.4. The van der Waals surface area contributed by atoms with Crippen LogP contribution in [-0.4, -0.2) is 4.86 Å². The average molecular weight is 232 g/mol. The van der Waals surface area contributed by atoms with Gasteiger partial charge in [-0.3, -0.25) is 0 Å². The number of rotatable bonds is 6. The molecule has 0 radical (unpaired) electrons. The lowest BCUT2D eigenvalue weighted by atomic mass is 10.0. The maximum Gasteiger partial charge on any atom is 0.0518 e. The largest absolute Gasteiger partial charge is 0.0984 e. The van der Waals surface area contributed by atoms with Crippen molar-refractivity contribution >= 4 is 17.1 Å². The highest BCUT2D eigenvalue weighted by atomic mass is 32.1. The molecule has 0 saturated heterocycles. The van der Waals surface area contributed by atoms with Gasteiger partial charge in [-0.15, -0.1) is 0 Å². The molecule has 86 valence electrons. The van der Waals surface area contributed by atoms with E-state index < -0.39 is 0 Å². The van der Waals surface area contributed by atoms with Gasteiger partial charge in [0.25, 0.3) is 0 Å². The Morgan fingerprint density at radius 3 is 2.38 bits per heavy atom. The number of hydrogen-bond donors (Lipinski definition) is 0. The van der Waals surface area contributed by atoms with Crippen molar-refractivity contribution in [2.24, 2.45) is 0 Å². The van der Waals surface area contributed by atoms with Crippen LogP contribution >= 0.6 is 12.2 Å². The Labute approximate surface area is 105 Å². The van der Waals surface area contributed by atoms with E-state index in [2.05, 4.69) is 19.6 Å². The second kappa shape index (κ2) is 9.05. The van der Waals surface area contributed by atoms with Crippen molar-refractivity contribution in [1.29, 1.82) is 0 Å². The summed E-state index contributed by atoms with van der Waals surface area (Å²) >= 11 is 5.42. The van der Waals surface area contributed by atoms with Crippen LogP contribution in [0, 0.1) is 0 Å². The van der Waals surface area contributed by atoms with Crippen molar-refractivity contribution in [1.82, 2.24) is 0 Å². The molecule has 0 N–H and O–H groups in total. The first kappa shape index (κ1) is 14.8. The van der Waals surface area contributed by atoms with Crippen LogP contribution in [0.4, 0.5) is 0 Å².